The Labute approximate surface area is 259 Å². The highest BCUT2D eigenvalue weighted by atomic mass is 16.6. The van der Waals surface area contributed by atoms with E-state index in [1.54, 1.807) is 0 Å². The predicted molar refractivity (Wildman–Crippen MR) is 172 cm³/mol. The Balaban J connectivity index is 4.41. The van der Waals surface area contributed by atoms with E-state index in [1.165, 1.54) is 19.3 Å². The van der Waals surface area contributed by atoms with Crippen molar-refractivity contribution in [2.45, 2.75) is 172 Å². The standard InChI is InChI=1S/C35H67NO6/c1-14-16-20-27(15-2)25-34(11,12)41-28(37)21-18-17-19-22-33(9,10)42-30(39)36-23-24-40-29(38)35(13,32(6,7)8)26-31(3,4)5/h27H,14-26H2,1-13H3,(H,36,39). The van der Waals surface area contributed by atoms with Crippen LogP contribution in [0.25, 0.3) is 0 Å². The molecule has 0 aromatic carbocycles. The summed E-state index contributed by atoms with van der Waals surface area (Å²) in [7, 11) is 0. The van der Waals surface area contributed by atoms with E-state index in [-0.39, 0.29) is 35.9 Å². The quantitative estimate of drug-likeness (QED) is 0.0906. The molecule has 0 radical (unpaired) electrons. The van der Waals surface area contributed by atoms with Gasteiger partial charge in [-0.15, -0.1) is 0 Å². The molecule has 0 aliphatic carbocycles. The first kappa shape index (κ1) is 40.2. The molecule has 0 spiro atoms. The SMILES string of the molecule is CCCCC(CC)CC(C)(C)OC(=O)CCCCCC(C)(C)OC(=O)NCCOC(=O)C(C)(CC(C)(C)C)C(C)(C)C. The minimum atomic E-state index is -0.646. The number of esters is 2. The fraction of sp³-hybridized carbons (Fsp3) is 0.914. The van der Waals surface area contributed by atoms with Crippen LogP contribution in [0, 0.1) is 22.2 Å². The number of carbonyl (C=O) groups is 3. The Kier molecular flexibility index (Phi) is 16.7. The topological polar surface area (TPSA) is 90.9 Å². The summed E-state index contributed by atoms with van der Waals surface area (Å²) in [6, 6.07) is 0. The van der Waals surface area contributed by atoms with Crippen molar-refractivity contribution in [2.75, 3.05) is 13.2 Å². The number of carbonyl (C=O) groups excluding carboxylic acids is 3. The largest absolute Gasteiger partial charge is 0.463 e. The number of nitrogens with one attached hydrogen (secondary N) is 1. The van der Waals surface area contributed by atoms with Crippen molar-refractivity contribution in [3.8, 4) is 0 Å². The van der Waals surface area contributed by atoms with Crippen molar-refractivity contribution in [2.24, 2.45) is 22.2 Å². The van der Waals surface area contributed by atoms with Crippen molar-refractivity contribution >= 4 is 18.0 Å². The van der Waals surface area contributed by atoms with E-state index in [4.69, 9.17) is 14.2 Å². The van der Waals surface area contributed by atoms with Crippen molar-refractivity contribution in [3.63, 3.8) is 0 Å². The molecule has 248 valence electrons. The van der Waals surface area contributed by atoms with Crippen LogP contribution in [0.5, 0.6) is 0 Å². The highest BCUT2D eigenvalue weighted by Crippen LogP contribution is 2.47. The molecule has 0 aromatic rings. The zero-order chi connectivity index (χ0) is 32.8. The van der Waals surface area contributed by atoms with Crippen molar-refractivity contribution in [1.29, 1.82) is 0 Å². The molecule has 0 aliphatic rings. The minimum Gasteiger partial charge on any atom is -0.463 e. The molecule has 0 aliphatic heterocycles. The summed E-state index contributed by atoms with van der Waals surface area (Å²) in [4.78, 5) is 37.9. The van der Waals surface area contributed by atoms with Crippen LogP contribution >= 0.6 is 0 Å². The van der Waals surface area contributed by atoms with Crippen LogP contribution < -0.4 is 5.32 Å². The van der Waals surface area contributed by atoms with E-state index >= 15 is 0 Å². The smallest absolute Gasteiger partial charge is 0.407 e. The van der Waals surface area contributed by atoms with Crippen LogP contribution in [-0.4, -0.2) is 42.4 Å². The van der Waals surface area contributed by atoms with Gasteiger partial charge < -0.3 is 19.5 Å². The molecular weight excluding hydrogens is 530 g/mol. The average Bonchev–Trinajstić information content (AvgIpc) is 2.81. The van der Waals surface area contributed by atoms with Crippen molar-refractivity contribution in [3.05, 3.63) is 0 Å². The molecule has 7 heteroatoms. The van der Waals surface area contributed by atoms with Gasteiger partial charge in [-0.05, 0) is 83.5 Å². The van der Waals surface area contributed by atoms with Gasteiger partial charge in [0.05, 0.1) is 12.0 Å². The van der Waals surface area contributed by atoms with Gasteiger partial charge in [0, 0.05) is 6.42 Å². The van der Waals surface area contributed by atoms with Crippen LogP contribution in [0.15, 0.2) is 0 Å². The van der Waals surface area contributed by atoms with Gasteiger partial charge in [0.1, 0.15) is 17.8 Å². The Morgan fingerprint density at radius 1 is 0.762 bits per heavy atom. The number of hydrogen-bond acceptors (Lipinski definition) is 6. The molecule has 0 saturated carbocycles. The minimum absolute atomic E-state index is 0.0269. The second kappa shape index (κ2) is 17.5. The molecule has 0 saturated heterocycles. The molecule has 0 heterocycles. The number of amides is 1. The fourth-order valence-electron chi connectivity index (χ4n) is 5.53. The lowest BCUT2D eigenvalue weighted by molar-refractivity contribution is -0.164. The summed E-state index contributed by atoms with van der Waals surface area (Å²) < 4.78 is 17.0. The molecule has 0 aromatic heterocycles. The summed E-state index contributed by atoms with van der Waals surface area (Å²) in [6.45, 7) is 27.0. The lowest BCUT2D eigenvalue weighted by Crippen LogP contribution is -2.45. The fourth-order valence-corrected chi connectivity index (χ4v) is 5.53. The third kappa shape index (κ3) is 16.7. The molecule has 0 fully saturated rings. The summed E-state index contributed by atoms with van der Waals surface area (Å²) in [5.74, 6) is 0.206. The average molecular weight is 598 g/mol. The summed E-state index contributed by atoms with van der Waals surface area (Å²) in [6.07, 6.45) is 9.30. The van der Waals surface area contributed by atoms with E-state index in [2.05, 4.69) is 60.7 Å². The number of ether oxygens (including phenoxy) is 3. The van der Waals surface area contributed by atoms with E-state index in [1.807, 2.05) is 34.6 Å². The highest BCUT2D eigenvalue weighted by Gasteiger charge is 2.47. The van der Waals surface area contributed by atoms with Crippen LogP contribution in [0.4, 0.5) is 4.79 Å². The number of rotatable bonds is 19. The Bertz CT molecular complexity index is 820. The molecule has 1 N–H and O–H groups in total. The number of alkyl carbamates (subject to hydrolysis) is 1. The van der Waals surface area contributed by atoms with Crippen molar-refractivity contribution in [1.82, 2.24) is 5.32 Å². The molecule has 7 nitrogen and oxygen atoms in total. The third-order valence-electron chi connectivity index (χ3n) is 8.34. The first-order valence-corrected chi connectivity index (χ1v) is 16.4. The Morgan fingerprint density at radius 2 is 1.38 bits per heavy atom. The number of hydrogen-bond donors (Lipinski definition) is 1. The monoisotopic (exact) mass is 597 g/mol. The zero-order valence-corrected chi connectivity index (χ0v) is 29.7. The second-order valence-electron chi connectivity index (χ2n) is 15.9. The molecule has 2 atom stereocenters. The van der Waals surface area contributed by atoms with Crippen LogP contribution in [0.2, 0.25) is 0 Å². The molecule has 0 bridgehead atoms. The van der Waals surface area contributed by atoms with Crippen molar-refractivity contribution < 1.29 is 28.6 Å². The van der Waals surface area contributed by atoms with Crippen LogP contribution in [0.1, 0.15) is 161 Å². The van der Waals surface area contributed by atoms with Gasteiger partial charge in [-0.2, -0.15) is 0 Å². The van der Waals surface area contributed by atoms with E-state index in [0.29, 0.717) is 25.2 Å². The first-order valence-electron chi connectivity index (χ1n) is 16.4. The first-order chi connectivity index (χ1) is 19.1. The maximum absolute atomic E-state index is 13.0. The molecular formula is C35H67NO6. The molecule has 42 heavy (non-hydrogen) atoms. The van der Waals surface area contributed by atoms with Gasteiger partial charge in [0.25, 0.3) is 0 Å². The number of unbranched alkanes of at least 4 members (excludes halogenated alkanes) is 3. The Hall–Kier alpha value is -1.79. The lowest BCUT2D eigenvalue weighted by Gasteiger charge is -2.43. The van der Waals surface area contributed by atoms with E-state index < -0.39 is 22.7 Å². The second-order valence-corrected chi connectivity index (χ2v) is 15.9. The van der Waals surface area contributed by atoms with E-state index in [0.717, 1.165) is 32.1 Å². The summed E-state index contributed by atoms with van der Waals surface area (Å²) in [5, 5.41) is 2.70. The van der Waals surface area contributed by atoms with Gasteiger partial charge in [0.2, 0.25) is 0 Å². The van der Waals surface area contributed by atoms with Gasteiger partial charge in [0.15, 0.2) is 0 Å². The molecule has 0 rings (SSSR count). The highest BCUT2D eigenvalue weighted by molar-refractivity contribution is 5.77. The third-order valence-corrected chi connectivity index (χ3v) is 8.34. The van der Waals surface area contributed by atoms with E-state index in [9.17, 15) is 14.4 Å². The van der Waals surface area contributed by atoms with Gasteiger partial charge in [-0.3, -0.25) is 9.59 Å². The zero-order valence-electron chi connectivity index (χ0n) is 29.7. The van der Waals surface area contributed by atoms with Gasteiger partial charge >= 0.3 is 18.0 Å². The normalized spacial score (nSPS) is 15.0. The maximum atomic E-state index is 13.0. The Morgan fingerprint density at radius 3 is 1.90 bits per heavy atom. The van der Waals surface area contributed by atoms with Crippen LogP contribution in [0.3, 0.4) is 0 Å². The lowest BCUT2D eigenvalue weighted by atomic mass is 9.61. The maximum Gasteiger partial charge on any atom is 0.407 e. The van der Waals surface area contributed by atoms with Gasteiger partial charge in [-0.25, -0.2) is 4.79 Å². The van der Waals surface area contributed by atoms with Gasteiger partial charge in [-0.1, -0.05) is 87.5 Å². The predicted octanol–water partition coefficient (Wildman–Crippen LogP) is 9.40. The molecule has 2 unspecified atom stereocenters. The summed E-state index contributed by atoms with van der Waals surface area (Å²) >= 11 is 0. The molecule has 1 amide bonds. The summed E-state index contributed by atoms with van der Waals surface area (Å²) in [5.41, 5.74) is -2.02. The van der Waals surface area contributed by atoms with Crippen LogP contribution in [-0.2, 0) is 23.8 Å².